The van der Waals surface area contributed by atoms with Gasteiger partial charge in [0.05, 0.1) is 35.7 Å². The van der Waals surface area contributed by atoms with Crippen LogP contribution < -0.4 is 36.4 Å². The monoisotopic (exact) mass is 1660 g/mol. The van der Waals surface area contributed by atoms with Crippen LogP contribution in [0, 0.1) is 27.2 Å². The van der Waals surface area contributed by atoms with E-state index in [4.69, 9.17) is 37.4 Å². The Morgan fingerprint density at radius 2 is 0.809 bits per heavy atom. The van der Waals surface area contributed by atoms with Crippen molar-refractivity contribution in [3.8, 4) is 40.1 Å². The number of aromatic nitrogens is 12. The highest BCUT2D eigenvalue weighted by molar-refractivity contribution is 14.1. The molecule has 0 bridgehead atoms. The molecule has 25 heteroatoms. The van der Waals surface area contributed by atoms with Crippen molar-refractivity contribution in [3.05, 3.63) is 357 Å². The first kappa shape index (κ1) is 80.4. The molecule has 2 N–H and O–H groups in total. The fourth-order valence-electron chi connectivity index (χ4n) is 12.5. The van der Waals surface area contributed by atoms with Gasteiger partial charge in [-0.1, -0.05) is 114 Å². The van der Waals surface area contributed by atoms with Gasteiger partial charge in [-0.05, 0) is 200 Å². The maximum Gasteiger partial charge on any atom is 0.258 e. The first-order valence-electron chi connectivity index (χ1n) is 35.7. The van der Waals surface area contributed by atoms with Crippen LogP contribution in [0.4, 0.5) is 0 Å². The fraction of sp³-hybridized carbons (Fsp3) is 0.224. The third kappa shape index (κ3) is 25.8. The summed E-state index contributed by atoms with van der Waals surface area (Å²) < 4.78 is 22.5. The Balaban J connectivity index is 0.000000146. The zero-order valence-electron chi connectivity index (χ0n) is 60.5. The summed E-state index contributed by atoms with van der Waals surface area (Å²) in [6.07, 6.45) is 36.0. The summed E-state index contributed by atoms with van der Waals surface area (Å²) in [6, 6.07) is 56.9. The summed E-state index contributed by atoms with van der Waals surface area (Å²) >= 11 is 16.7. The van der Waals surface area contributed by atoms with Crippen molar-refractivity contribution in [2.45, 2.75) is 93.8 Å². The standard InChI is InChI=1S/C29H30N4O2S.C22H24N4O2S.C17H13ClN2O2.C12H11NO2.C5H3ClIN/c1-36-27-18-31-28(32-19-27)15-23-8-7-22(13-23)14-24-9-10-25(17-30-24)33-12-11-26(16-29(33)34)35-20-21-5-3-2-4-6-21;1-29-20-13-24-21(25-14-20)10-16-3-2-15(8-16)9-17-4-5-18(12-23-17)26-7-6-19(27)11-22(26)28;18-16-7-6-14(11-19-16)20-9-8-15(10-17(20)21)22-12-13-4-2-1-3-5-13;14-12-8-11(6-7-13-12)15-9-10-4-2-1-3-5-10;6-5-2-1-4(7)3-8-5/h2-6,9-12,16-19,22-23H,7-8,13-15,20H2,1H3;4-7,11-16,27H,2-3,8-10H2,1H3;1-11H,12H2;1-8H,9H2,(H,13,14);1-3H/t22-,23-;15-,16-;;;/m00.../s1. The SMILES string of the molecule is CSc1cnc(C[C@H]2CC[C@H](Cc3ccc(-n4ccc(O)cc4=O)cn3)C2)nc1.CSc1cnc(C[C@H]2CC[C@H](Cc3ccc(-n4ccc(OCc5ccccc5)cc4=O)cn3)C2)nc1.Clc1ccc(I)cn1.O=c1cc(OCc2ccccc2)cc[nH]1.O=c1cc(OCc2ccccc2)ccn1-c1ccc(Cl)nc1. The number of nitrogens with one attached hydrogen (secondary N) is 1. The molecule has 0 aliphatic heterocycles. The number of pyridine rings is 8. The lowest BCUT2D eigenvalue weighted by molar-refractivity contribution is 0.305. The minimum atomic E-state index is -0.272. The molecule has 110 heavy (non-hydrogen) atoms. The molecule has 562 valence electrons. The van der Waals surface area contributed by atoms with Crippen molar-refractivity contribution >= 4 is 69.3 Å². The highest BCUT2D eigenvalue weighted by atomic mass is 127. The van der Waals surface area contributed by atoms with Crippen LogP contribution in [-0.2, 0) is 45.5 Å². The van der Waals surface area contributed by atoms with Gasteiger partial charge in [-0.3, -0.25) is 42.8 Å². The summed E-state index contributed by atoms with van der Waals surface area (Å²) in [6.45, 7) is 1.33. The third-order valence-corrected chi connectivity index (χ3v) is 20.6. The van der Waals surface area contributed by atoms with Crippen molar-refractivity contribution in [2.75, 3.05) is 12.5 Å². The Kier molecular flexibility index (Phi) is 30.6. The molecule has 0 unspecified atom stereocenters. The molecule has 4 atom stereocenters. The van der Waals surface area contributed by atoms with E-state index < -0.39 is 0 Å². The Labute approximate surface area is 669 Å². The molecule has 10 aromatic heterocycles. The summed E-state index contributed by atoms with van der Waals surface area (Å²) in [5.41, 5.74) is 6.68. The number of hydrogen-bond acceptors (Lipinski definition) is 18. The fourth-order valence-corrected chi connectivity index (χ4v) is 13.7. The average Bonchev–Trinajstić information content (AvgIpc) is 1.36. The molecule has 10 heterocycles. The molecule has 0 saturated heterocycles. The lowest BCUT2D eigenvalue weighted by Crippen LogP contribution is -2.17. The van der Waals surface area contributed by atoms with Gasteiger partial charge in [-0.2, -0.15) is 0 Å². The van der Waals surface area contributed by atoms with E-state index >= 15 is 0 Å². The quantitative estimate of drug-likeness (QED) is 0.0363. The molecule has 2 aliphatic carbocycles. The third-order valence-electron chi connectivity index (χ3n) is 18.1. The molecule has 0 amide bonds. The van der Waals surface area contributed by atoms with E-state index in [0.29, 0.717) is 82.4 Å². The van der Waals surface area contributed by atoms with E-state index in [-0.39, 0.29) is 28.0 Å². The summed E-state index contributed by atoms with van der Waals surface area (Å²) in [7, 11) is 0. The molecule has 0 radical (unpaired) electrons. The number of rotatable bonds is 22. The van der Waals surface area contributed by atoms with Gasteiger partial charge in [0, 0.05) is 118 Å². The second-order valence-corrected chi connectivity index (χ2v) is 29.9. The summed E-state index contributed by atoms with van der Waals surface area (Å²) in [4.78, 5) is 87.6. The Hall–Kier alpha value is -10.6. The Bertz CT molecular complexity index is 5220. The summed E-state index contributed by atoms with van der Waals surface area (Å²) in [5.74, 6) is 6.06. The van der Waals surface area contributed by atoms with Crippen molar-refractivity contribution in [2.24, 2.45) is 23.7 Å². The van der Waals surface area contributed by atoms with Crippen LogP contribution >= 0.6 is 69.3 Å². The molecule has 2 fully saturated rings. The molecular formula is C85H81Cl2IN12O8S2. The molecule has 3 aromatic carbocycles. The minimum Gasteiger partial charge on any atom is -0.508 e. The van der Waals surface area contributed by atoms with Crippen molar-refractivity contribution in [3.63, 3.8) is 0 Å². The van der Waals surface area contributed by atoms with Crippen LogP contribution in [-0.4, -0.2) is 76.2 Å². The van der Waals surface area contributed by atoms with Gasteiger partial charge in [0.2, 0.25) is 0 Å². The van der Waals surface area contributed by atoms with Gasteiger partial charge in [-0.25, -0.2) is 29.9 Å². The highest BCUT2D eigenvalue weighted by Crippen LogP contribution is 2.36. The lowest BCUT2D eigenvalue weighted by atomic mass is 9.97. The van der Waals surface area contributed by atoms with E-state index in [9.17, 15) is 24.3 Å². The highest BCUT2D eigenvalue weighted by Gasteiger charge is 2.28. The van der Waals surface area contributed by atoms with Gasteiger partial charge < -0.3 is 24.3 Å². The van der Waals surface area contributed by atoms with Crippen LogP contribution in [0.5, 0.6) is 23.0 Å². The van der Waals surface area contributed by atoms with Gasteiger partial charge in [0.1, 0.15) is 64.8 Å². The van der Waals surface area contributed by atoms with Crippen LogP contribution in [0.15, 0.2) is 291 Å². The number of aromatic amines is 1. The van der Waals surface area contributed by atoms with Crippen LogP contribution in [0.2, 0.25) is 10.3 Å². The molecular weight excluding hydrogens is 1580 g/mol. The molecule has 15 rings (SSSR count). The molecule has 13 aromatic rings. The Morgan fingerprint density at radius 1 is 0.427 bits per heavy atom. The topological polar surface area (TPSA) is 250 Å². The first-order valence-corrected chi connectivity index (χ1v) is 40.0. The number of hydrogen-bond donors (Lipinski definition) is 2. The van der Waals surface area contributed by atoms with Crippen molar-refractivity contribution in [1.29, 1.82) is 0 Å². The van der Waals surface area contributed by atoms with Crippen molar-refractivity contribution < 1.29 is 19.3 Å². The molecule has 20 nitrogen and oxygen atoms in total. The number of ether oxygens (including phenoxy) is 3. The number of nitrogens with zero attached hydrogens (tertiary/aromatic N) is 11. The van der Waals surface area contributed by atoms with E-state index in [0.717, 1.165) is 84.5 Å². The number of aromatic hydroxyl groups is 1. The summed E-state index contributed by atoms with van der Waals surface area (Å²) in [5, 5.41) is 10.3. The van der Waals surface area contributed by atoms with Crippen LogP contribution in [0.3, 0.4) is 0 Å². The number of thioether (sulfide) groups is 2. The van der Waals surface area contributed by atoms with Gasteiger partial charge in [0.25, 0.3) is 22.2 Å². The average molecular weight is 1660 g/mol. The van der Waals surface area contributed by atoms with Crippen LogP contribution in [0.25, 0.3) is 17.1 Å². The Morgan fingerprint density at radius 3 is 1.16 bits per heavy atom. The van der Waals surface area contributed by atoms with Gasteiger partial charge in [-0.15, -0.1) is 23.5 Å². The maximum absolute atomic E-state index is 12.7. The van der Waals surface area contributed by atoms with E-state index in [2.05, 4.69) is 67.4 Å². The van der Waals surface area contributed by atoms with E-state index in [1.54, 1.807) is 108 Å². The molecule has 2 saturated carbocycles. The lowest BCUT2D eigenvalue weighted by Gasteiger charge is -2.12. The normalized spacial score (nSPS) is 14.7. The second-order valence-electron chi connectivity index (χ2n) is 26.1. The molecule has 0 spiro atoms. The second kappa shape index (κ2) is 41.8. The smallest absolute Gasteiger partial charge is 0.258 e. The van der Waals surface area contributed by atoms with Crippen LogP contribution in [0.1, 0.15) is 78.3 Å². The number of H-pyrrole nitrogens is 1. The maximum atomic E-state index is 12.7. The van der Waals surface area contributed by atoms with Gasteiger partial charge >= 0.3 is 0 Å². The van der Waals surface area contributed by atoms with E-state index in [1.807, 2.05) is 165 Å². The van der Waals surface area contributed by atoms with E-state index in [1.165, 1.54) is 78.0 Å². The van der Waals surface area contributed by atoms with Crippen molar-refractivity contribution in [1.82, 2.24) is 58.6 Å². The first-order chi connectivity index (χ1) is 53.6. The number of benzene rings is 3. The molecule has 2 aliphatic rings. The zero-order valence-corrected chi connectivity index (χ0v) is 65.8. The largest absolute Gasteiger partial charge is 0.508 e. The number of halogens is 3. The van der Waals surface area contributed by atoms with Gasteiger partial charge in [0.15, 0.2) is 0 Å². The minimum absolute atomic E-state index is 0.0304. The zero-order chi connectivity index (χ0) is 76.8. The predicted octanol–water partition coefficient (Wildman–Crippen LogP) is 16.9. The predicted molar refractivity (Wildman–Crippen MR) is 442 cm³/mol.